The van der Waals surface area contributed by atoms with E-state index in [-0.39, 0.29) is 25.4 Å². The van der Waals surface area contributed by atoms with Gasteiger partial charge in [0.25, 0.3) is 0 Å². The first-order valence-electron chi connectivity index (χ1n) is 11.5. The molecule has 0 spiro atoms. The molecule has 0 saturated carbocycles. The van der Waals surface area contributed by atoms with E-state index in [9.17, 15) is 14.7 Å². The smallest absolute Gasteiger partial charge is 0.240 e. The van der Waals surface area contributed by atoms with E-state index in [0.29, 0.717) is 33.2 Å². The van der Waals surface area contributed by atoms with Crippen LogP contribution in [0.25, 0.3) is 15.7 Å². The molecule has 6 rings (SSSR count). The zero-order chi connectivity index (χ0) is 25.2. The number of amides is 2. The van der Waals surface area contributed by atoms with Gasteiger partial charge in [-0.2, -0.15) is 0 Å². The Morgan fingerprint density at radius 1 is 1.22 bits per heavy atom. The molecule has 3 fully saturated rings. The van der Waals surface area contributed by atoms with Crippen LogP contribution in [-0.2, 0) is 14.3 Å². The van der Waals surface area contributed by atoms with Crippen LogP contribution in [0.5, 0.6) is 5.88 Å². The first kappa shape index (κ1) is 22.9. The molecule has 0 radical (unpaired) electrons. The van der Waals surface area contributed by atoms with E-state index in [1.807, 2.05) is 0 Å². The highest BCUT2D eigenvalue weighted by molar-refractivity contribution is 6.30. The van der Waals surface area contributed by atoms with Gasteiger partial charge in [0, 0.05) is 36.7 Å². The Morgan fingerprint density at radius 3 is 2.78 bits per heavy atom. The van der Waals surface area contributed by atoms with Crippen molar-refractivity contribution in [1.82, 2.24) is 9.97 Å². The lowest BCUT2D eigenvalue weighted by atomic mass is 9.66. The summed E-state index contributed by atoms with van der Waals surface area (Å²) in [5.74, 6) is -2.04. The number of pyridine rings is 2. The summed E-state index contributed by atoms with van der Waals surface area (Å²) >= 11 is 5.88. The maximum Gasteiger partial charge on any atom is 0.240 e. The topological polar surface area (TPSA) is 106 Å². The van der Waals surface area contributed by atoms with Crippen LogP contribution in [0.3, 0.4) is 0 Å². The predicted molar refractivity (Wildman–Crippen MR) is 130 cm³/mol. The van der Waals surface area contributed by atoms with Gasteiger partial charge in [0.2, 0.25) is 23.4 Å². The van der Waals surface area contributed by atoms with Gasteiger partial charge in [0.05, 0.1) is 52.9 Å². The number of aromatic nitrogens is 2. The molecule has 36 heavy (non-hydrogen) atoms. The SMILES string of the molecule is [C-]#[N+]c1ccc(N2C(=O)[C@@H]3[C@H](C2=O)C2(C)OC3(CCOc3ccc(Cl)cn3)C[C@H]2O)c2cccnc12. The summed E-state index contributed by atoms with van der Waals surface area (Å²) in [6, 6.07) is 9.92. The third-order valence-electron chi connectivity index (χ3n) is 7.68. The first-order chi connectivity index (χ1) is 17.3. The van der Waals surface area contributed by atoms with Gasteiger partial charge >= 0.3 is 0 Å². The van der Waals surface area contributed by atoms with Crippen molar-refractivity contribution in [3.8, 4) is 5.88 Å². The number of hydrogen-bond donors (Lipinski definition) is 1. The number of carbonyl (C=O) groups excluding carboxylic acids is 2. The zero-order valence-corrected chi connectivity index (χ0v) is 20.0. The highest BCUT2D eigenvalue weighted by Crippen LogP contribution is 2.62. The fraction of sp³-hybridized carbons (Fsp3) is 0.346. The molecule has 10 heteroatoms. The van der Waals surface area contributed by atoms with Crippen molar-refractivity contribution in [2.24, 2.45) is 11.8 Å². The average molecular weight is 505 g/mol. The quantitative estimate of drug-likeness (QED) is 0.417. The Morgan fingerprint density at radius 2 is 2.03 bits per heavy atom. The number of fused-ring (bicyclic) bond motifs is 6. The molecule has 3 aliphatic heterocycles. The average Bonchev–Trinajstić information content (AvgIpc) is 3.41. The number of nitrogens with zero attached hydrogens (tertiary/aromatic N) is 4. The molecule has 5 heterocycles. The fourth-order valence-corrected chi connectivity index (χ4v) is 6.18. The molecular formula is C26H21ClN4O5. The molecule has 9 nitrogen and oxygen atoms in total. The van der Waals surface area contributed by atoms with Crippen molar-refractivity contribution in [2.45, 2.75) is 37.1 Å². The molecule has 5 atom stereocenters. The molecule has 1 N–H and O–H groups in total. The van der Waals surface area contributed by atoms with Crippen molar-refractivity contribution < 1.29 is 24.2 Å². The van der Waals surface area contributed by atoms with Crippen LogP contribution in [0, 0.1) is 18.4 Å². The van der Waals surface area contributed by atoms with Gasteiger partial charge in [-0.05, 0) is 25.1 Å². The van der Waals surface area contributed by atoms with E-state index in [1.165, 1.54) is 11.1 Å². The Balaban J connectivity index is 1.35. The fourth-order valence-electron chi connectivity index (χ4n) is 6.07. The number of hydrogen-bond acceptors (Lipinski definition) is 7. The maximum atomic E-state index is 13.9. The molecule has 2 bridgehead atoms. The lowest BCUT2D eigenvalue weighted by Crippen LogP contribution is -2.49. The van der Waals surface area contributed by atoms with Gasteiger partial charge in [-0.25, -0.2) is 14.7 Å². The highest BCUT2D eigenvalue weighted by Gasteiger charge is 2.77. The van der Waals surface area contributed by atoms with Crippen LogP contribution < -0.4 is 9.64 Å². The Labute approximate surface area is 211 Å². The number of anilines is 1. The second-order valence-electron chi connectivity index (χ2n) is 9.57. The van der Waals surface area contributed by atoms with Crippen molar-refractivity contribution in [3.05, 3.63) is 65.2 Å². The minimum atomic E-state index is -1.20. The maximum absolute atomic E-state index is 13.9. The van der Waals surface area contributed by atoms with Crippen LogP contribution in [0.4, 0.5) is 11.4 Å². The second-order valence-corrected chi connectivity index (χ2v) is 10.0. The molecule has 3 aliphatic rings. The van der Waals surface area contributed by atoms with Crippen LogP contribution in [0.1, 0.15) is 19.8 Å². The summed E-state index contributed by atoms with van der Waals surface area (Å²) < 4.78 is 12.1. The number of benzene rings is 1. The molecule has 2 aromatic heterocycles. The van der Waals surface area contributed by atoms with Crippen LogP contribution in [0.2, 0.25) is 5.02 Å². The number of rotatable bonds is 5. The van der Waals surface area contributed by atoms with Crippen molar-refractivity contribution >= 4 is 45.7 Å². The number of aliphatic hydroxyl groups is 1. The third-order valence-corrected chi connectivity index (χ3v) is 7.90. The summed E-state index contributed by atoms with van der Waals surface area (Å²) in [5.41, 5.74) is -1.12. The van der Waals surface area contributed by atoms with Gasteiger partial charge in [0.1, 0.15) is 5.60 Å². The molecule has 2 unspecified atom stereocenters. The number of ether oxygens (including phenoxy) is 2. The number of halogens is 1. The van der Waals surface area contributed by atoms with E-state index in [0.717, 1.165) is 0 Å². The van der Waals surface area contributed by atoms with Gasteiger partial charge in [-0.3, -0.25) is 14.6 Å². The van der Waals surface area contributed by atoms with E-state index >= 15 is 0 Å². The number of carbonyl (C=O) groups is 2. The Hall–Kier alpha value is -3.58. The second kappa shape index (κ2) is 7.96. The molecule has 3 saturated heterocycles. The molecule has 0 aliphatic carbocycles. The third kappa shape index (κ3) is 3.08. The largest absolute Gasteiger partial charge is 0.478 e. The molecule has 2 amide bonds. The number of imide groups is 1. The highest BCUT2D eigenvalue weighted by atomic mass is 35.5. The van der Waals surface area contributed by atoms with E-state index < -0.39 is 35.0 Å². The molecule has 182 valence electrons. The zero-order valence-electron chi connectivity index (χ0n) is 19.2. The summed E-state index contributed by atoms with van der Waals surface area (Å²) in [6.45, 7) is 9.30. The standard InChI is InChI=1S/C26H21ClN4O5/c1-25-18(32)12-26(36-25,9-11-35-19-8-5-14(27)13-30-19)21-20(25)23(33)31(24(21)34)17-7-6-16(28-2)22-15(17)4-3-10-29-22/h3-8,10,13,18,20-21,32H,9,11-12H2,1H3/t18-,20-,21+,25?,26?/m1/s1. The van der Waals surface area contributed by atoms with Gasteiger partial charge < -0.3 is 14.6 Å². The summed E-state index contributed by atoms with van der Waals surface area (Å²) in [7, 11) is 0. The molecular weight excluding hydrogens is 484 g/mol. The van der Waals surface area contributed by atoms with E-state index in [2.05, 4.69) is 14.8 Å². The van der Waals surface area contributed by atoms with Crippen LogP contribution in [-0.4, -0.2) is 50.8 Å². The van der Waals surface area contributed by atoms with Crippen LogP contribution >= 0.6 is 11.6 Å². The summed E-state index contributed by atoms with van der Waals surface area (Å²) in [4.78, 5) is 40.8. The summed E-state index contributed by atoms with van der Waals surface area (Å²) in [6.07, 6.45) is 2.64. The lowest BCUT2D eigenvalue weighted by molar-refractivity contribution is -0.134. The normalized spacial score (nSPS) is 30.6. The van der Waals surface area contributed by atoms with Crippen molar-refractivity contribution in [2.75, 3.05) is 11.5 Å². The molecule has 1 aromatic carbocycles. The monoisotopic (exact) mass is 504 g/mol. The summed E-state index contributed by atoms with van der Waals surface area (Å²) in [5, 5.41) is 11.9. The first-order valence-corrected chi connectivity index (χ1v) is 11.9. The van der Waals surface area contributed by atoms with Gasteiger partial charge in [-0.15, -0.1) is 0 Å². The van der Waals surface area contributed by atoms with Crippen LogP contribution in [0.15, 0.2) is 48.8 Å². The Bertz CT molecular complexity index is 1460. The Kier molecular flexibility index (Phi) is 5.06. The predicted octanol–water partition coefficient (Wildman–Crippen LogP) is 3.70. The molecule has 3 aromatic rings. The van der Waals surface area contributed by atoms with E-state index in [1.54, 1.807) is 49.5 Å². The van der Waals surface area contributed by atoms with Crippen molar-refractivity contribution in [1.29, 1.82) is 0 Å². The number of aliphatic hydroxyl groups excluding tert-OH is 1. The van der Waals surface area contributed by atoms with Gasteiger partial charge in [0.15, 0.2) is 0 Å². The van der Waals surface area contributed by atoms with Gasteiger partial charge in [-0.1, -0.05) is 23.7 Å². The van der Waals surface area contributed by atoms with E-state index in [4.69, 9.17) is 27.6 Å². The van der Waals surface area contributed by atoms with Crippen molar-refractivity contribution in [3.63, 3.8) is 0 Å². The minimum absolute atomic E-state index is 0.175. The minimum Gasteiger partial charge on any atom is -0.478 e. The lowest BCUT2D eigenvalue weighted by Gasteiger charge is -2.33.